The molecule has 1 aliphatic carbocycles. The SMILES string of the molecule is O=C(NCCCCCc1nc2ccccc2n1CCCOc1ccccc1Cl)C1CCCCC1. The first kappa shape index (κ1) is 24.6. The van der Waals surface area contributed by atoms with Crippen molar-refractivity contribution in [3.05, 3.63) is 59.4 Å². The fourth-order valence-electron chi connectivity index (χ4n) is 4.84. The average molecular weight is 482 g/mol. The van der Waals surface area contributed by atoms with Crippen LogP contribution < -0.4 is 10.1 Å². The summed E-state index contributed by atoms with van der Waals surface area (Å²) in [6.45, 7) is 2.25. The predicted molar refractivity (Wildman–Crippen MR) is 138 cm³/mol. The van der Waals surface area contributed by atoms with Crippen LogP contribution in [0.3, 0.4) is 0 Å². The number of amides is 1. The summed E-state index contributed by atoms with van der Waals surface area (Å²) >= 11 is 6.19. The summed E-state index contributed by atoms with van der Waals surface area (Å²) in [5, 5.41) is 3.80. The van der Waals surface area contributed by atoms with Crippen LogP contribution in [0.25, 0.3) is 11.0 Å². The summed E-state index contributed by atoms with van der Waals surface area (Å²) < 4.78 is 8.20. The van der Waals surface area contributed by atoms with Crippen LogP contribution in [0.1, 0.15) is 63.6 Å². The van der Waals surface area contributed by atoms with E-state index in [1.807, 2.05) is 30.3 Å². The van der Waals surface area contributed by atoms with E-state index in [-0.39, 0.29) is 11.8 Å². The third-order valence-corrected chi connectivity index (χ3v) is 7.02. The fraction of sp³-hybridized carbons (Fsp3) is 0.500. The van der Waals surface area contributed by atoms with Crippen molar-refractivity contribution in [2.24, 2.45) is 5.92 Å². The molecule has 34 heavy (non-hydrogen) atoms. The first-order valence-corrected chi connectivity index (χ1v) is 13.2. The zero-order valence-electron chi connectivity index (χ0n) is 20.0. The molecule has 3 aromatic rings. The lowest BCUT2D eigenvalue weighted by Gasteiger charge is -2.20. The van der Waals surface area contributed by atoms with Gasteiger partial charge in [-0.1, -0.05) is 61.5 Å². The smallest absolute Gasteiger partial charge is 0.223 e. The molecule has 1 fully saturated rings. The van der Waals surface area contributed by atoms with Crippen molar-refractivity contribution in [3.8, 4) is 5.75 Å². The number of hydrogen-bond donors (Lipinski definition) is 1. The van der Waals surface area contributed by atoms with E-state index in [0.29, 0.717) is 11.6 Å². The van der Waals surface area contributed by atoms with Gasteiger partial charge in [-0.25, -0.2) is 4.98 Å². The van der Waals surface area contributed by atoms with Gasteiger partial charge in [-0.15, -0.1) is 0 Å². The highest BCUT2D eigenvalue weighted by molar-refractivity contribution is 6.32. The Kier molecular flexibility index (Phi) is 9.26. The highest BCUT2D eigenvalue weighted by Gasteiger charge is 2.20. The predicted octanol–water partition coefficient (Wildman–Crippen LogP) is 6.57. The van der Waals surface area contributed by atoms with Crippen molar-refractivity contribution in [1.29, 1.82) is 0 Å². The quantitative estimate of drug-likeness (QED) is 0.298. The van der Waals surface area contributed by atoms with Crippen molar-refractivity contribution in [1.82, 2.24) is 14.9 Å². The molecule has 0 aliphatic heterocycles. The van der Waals surface area contributed by atoms with Gasteiger partial charge in [-0.3, -0.25) is 4.79 Å². The maximum absolute atomic E-state index is 12.3. The van der Waals surface area contributed by atoms with Gasteiger partial charge in [-0.2, -0.15) is 0 Å². The summed E-state index contributed by atoms with van der Waals surface area (Å²) in [7, 11) is 0. The molecule has 0 radical (unpaired) electrons. The van der Waals surface area contributed by atoms with Crippen LogP contribution in [0.5, 0.6) is 5.75 Å². The van der Waals surface area contributed by atoms with E-state index >= 15 is 0 Å². The number of carbonyl (C=O) groups excluding carboxylic acids is 1. The van der Waals surface area contributed by atoms with Crippen molar-refractivity contribution >= 4 is 28.5 Å². The molecule has 0 saturated heterocycles. The summed E-state index contributed by atoms with van der Waals surface area (Å²) in [6.07, 6.45) is 10.8. The number of nitrogens with one attached hydrogen (secondary N) is 1. The van der Waals surface area contributed by atoms with E-state index < -0.39 is 0 Å². The van der Waals surface area contributed by atoms with Gasteiger partial charge in [0.2, 0.25) is 5.91 Å². The highest BCUT2D eigenvalue weighted by Crippen LogP contribution is 2.24. The van der Waals surface area contributed by atoms with Crippen molar-refractivity contribution in [3.63, 3.8) is 0 Å². The Morgan fingerprint density at radius 1 is 1.00 bits per heavy atom. The number of unbranched alkanes of at least 4 members (excludes halogenated alkanes) is 2. The monoisotopic (exact) mass is 481 g/mol. The zero-order valence-corrected chi connectivity index (χ0v) is 20.7. The molecule has 1 N–H and O–H groups in total. The molecular formula is C28H36ClN3O2. The molecule has 182 valence electrons. The van der Waals surface area contributed by atoms with Crippen LogP contribution in [0.2, 0.25) is 5.02 Å². The van der Waals surface area contributed by atoms with E-state index in [4.69, 9.17) is 21.3 Å². The minimum absolute atomic E-state index is 0.246. The van der Waals surface area contributed by atoms with Gasteiger partial charge in [0.1, 0.15) is 11.6 Å². The van der Waals surface area contributed by atoms with E-state index in [1.165, 1.54) is 24.8 Å². The van der Waals surface area contributed by atoms with Crippen molar-refractivity contribution < 1.29 is 9.53 Å². The number of imidazole rings is 1. The lowest BCUT2D eigenvalue weighted by molar-refractivity contribution is -0.125. The summed E-state index contributed by atoms with van der Waals surface area (Å²) in [5.74, 6) is 2.37. The molecule has 2 aromatic carbocycles. The van der Waals surface area contributed by atoms with E-state index in [0.717, 1.165) is 75.1 Å². The second-order valence-electron chi connectivity index (χ2n) is 9.24. The molecular weight excluding hydrogens is 446 g/mol. The van der Waals surface area contributed by atoms with Crippen LogP contribution in [-0.4, -0.2) is 28.6 Å². The number of para-hydroxylation sites is 3. The van der Waals surface area contributed by atoms with Gasteiger partial charge < -0.3 is 14.6 Å². The third-order valence-electron chi connectivity index (χ3n) is 6.71. The molecule has 0 bridgehead atoms. The lowest BCUT2D eigenvalue weighted by atomic mass is 9.89. The highest BCUT2D eigenvalue weighted by atomic mass is 35.5. The van der Waals surface area contributed by atoms with Crippen molar-refractivity contribution in [2.45, 2.75) is 70.8 Å². The van der Waals surface area contributed by atoms with Gasteiger partial charge in [-0.05, 0) is 56.4 Å². The molecule has 1 aromatic heterocycles. The molecule has 4 rings (SSSR count). The first-order chi connectivity index (χ1) is 16.7. The normalized spacial score (nSPS) is 14.4. The summed E-state index contributed by atoms with van der Waals surface area (Å²) in [5.41, 5.74) is 2.22. The minimum atomic E-state index is 0.246. The van der Waals surface area contributed by atoms with E-state index in [2.05, 4.69) is 28.1 Å². The number of benzene rings is 2. The number of halogens is 1. The molecule has 6 heteroatoms. The van der Waals surface area contributed by atoms with E-state index in [9.17, 15) is 4.79 Å². The van der Waals surface area contributed by atoms with Crippen LogP contribution in [-0.2, 0) is 17.8 Å². The first-order valence-electron chi connectivity index (χ1n) is 12.8. The van der Waals surface area contributed by atoms with Gasteiger partial charge in [0.25, 0.3) is 0 Å². The minimum Gasteiger partial charge on any atom is -0.492 e. The van der Waals surface area contributed by atoms with Gasteiger partial charge in [0.05, 0.1) is 22.7 Å². The number of rotatable bonds is 12. The Labute approximate surface area is 207 Å². The fourth-order valence-corrected chi connectivity index (χ4v) is 5.03. The van der Waals surface area contributed by atoms with Crippen molar-refractivity contribution in [2.75, 3.05) is 13.2 Å². The standard InChI is InChI=1S/C28H36ClN3O2/c29-23-14-6-9-17-26(23)34-21-11-20-32-25-16-8-7-15-24(25)31-27(32)18-5-2-10-19-30-28(33)22-12-3-1-4-13-22/h6-9,14-17,22H,1-5,10-13,18-21H2,(H,30,33). The lowest BCUT2D eigenvalue weighted by Crippen LogP contribution is -2.32. The average Bonchev–Trinajstić information content (AvgIpc) is 3.22. The number of ether oxygens (including phenoxy) is 1. The topological polar surface area (TPSA) is 56.2 Å². The molecule has 1 aliphatic rings. The number of nitrogens with zero attached hydrogens (tertiary/aromatic N) is 2. The van der Waals surface area contributed by atoms with Crippen LogP contribution in [0, 0.1) is 5.92 Å². The Balaban J connectivity index is 1.23. The largest absolute Gasteiger partial charge is 0.492 e. The maximum atomic E-state index is 12.3. The number of aromatic nitrogens is 2. The van der Waals surface area contributed by atoms with E-state index in [1.54, 1.807) is 0 Å². The summed E-state index contributed by atoms with van der Waals surface area (Å²) in [4.78, 5) is 17.2. The number of aryl methyl sites for hydroxylation is 2. The Morgan fingerprint density at radius 3 is 2.65 bits per heavy atom. The number of hydrogen-bond acceptors (Lipinski definition) is 3. The Hall–Kier alpha value is -2.53. The third kappa shape index (κ3) is 6.75. The van der Waals surface area contributed by atoms with Gasteiger partial charge in [0, 0.05) is 25.4 Å². The van der Waals surface area contributed by atoms with Crippen LogP contribution in [0.4, 0.5) is 0 Å². The Bertz CT molecular complexity index is 1060. The molecule has 1 saturated carbocycles. The molecule has 0 unspecified atom stereocenters. The Morgan fingerprint density at radius 2 is 1.79 bits per heavy atom. The molecule has 0 atom stereocenters. The maximum Gasteiger partial charge on any atom is 0.223 e. The molecule has 5 nitrogen and oxygen atoms in total. The summed E-state index contributed by atoms with van der Waals surface area (Å²) in [6, 6.07) is 15.9. The van der Waals surface area contributed by atoms with Gasteiger partial charge >= 0.3 is 0 Å². The molecule has 1 heterocycles. The second-order valence-corrected chi connectivity index (χ2v) is 9.64. The number of carbonyl (C=O) groups is 1. The zero-order chi connectivity index (χ0) is 23.6. The number of fused-ring (bicyclic) bond motifs is 1. The molecule has 1 amide bonds. The van der Waals surface area contributed by atoms with Crippen LogP contribution >= 0.6 is 11.6 Å². The molecule has 0 spiro atoms. The second kappa shape index (κ2) is 12.8. The van der Waals surface area contributed by atoms with Gasteiger partial charge in [0.15, 0.2) is 0 Å². The van der Waals surface area contributed by atoms with Crippen LogP contribution in [0.15, 0.2) is 48.5 Å².